The van der Waals surface area contributed by atoms with Crippen molar-refractivity contribution in [3.05, 3.63) is 64.7 Å². The van der Waals surface area contributed by atoms with E-state index in [1.165, 1.54) is 5.56 Å². The van der Waals surface area contributed by atoms with Gasteiger partial charge in [-0.3, -0.25) is 9.59 Å². The summed E-state index contributed by atoms with van der Waals surface area (Å²) in [6.07, 6.45) is 4.27. The maximum absolute atomic E-state index is 13.1. The Bertz CT molecular complexity index is 890. The van der Waals surface area contributed by atoms with E-state index >= 15 is 0 Å². The topological polar surface area (TPSA) is 58.6 Å². The first-order valence-corrected chi connectivity index (χ1v) is 11.8. The van der Waals surface area contributed by atoms with Gasteiger partial charge in [-0.25, -0.2) is 0 Å². The fourth-order valence-corrected chi connectivity index (χ4v) is 4.06. The molecular formula is C26H33ClN2O3. The van der Waals surface area contributed by atoms with Crippen molar-refractivity contribution in [2.75, 3.05) is 6.61 Å². The number of hydrogen-bond acceptors (Lipinski definition) is 3. The summed E-state index contributed by atoms with van der Waals surface area (Å²) >= 11 is 6.00. The summed E-state index contributed by atoms with van der Waals surface area (Å²) in [6, 6.07) is 14.7. The summed E-state index contributed by atoms with van der Waals surface area (Å²) in [5, 5.41) is 3.74. The van der Waals surface area contributed by atoms with Gasteiger partial charge in [0.25, 0.3) is 5.91 Å². The molecule has 0 heterocycles. The summed E-state index contributed by atoms with van der Waals surface area (Å²) in [5.41, 5.74) is 2.12. The molecule has 1 atom stereocenters. The normalized spacial score (nSPS) is 14.9. The number of nitrogens with one attached hydrogen (secondary N) is 1. The number of amides is 2. The van der Waals surface area contributed by atoms with Crippen LogP contribution in [0.25, 0.3) is 0 Å². The molecule has 0 aliphatic heterocycles. The lowest BCUT2D eigenvalue weighted by Crippen LogP contribution is -2.50. The first kappa shape index (κ1) is 24.1. The van der Waals surface area contributed by atoms with Crippen molar-refractivity contribution in [1.82, 2.24) is 10.2 Å². The van der Waals surface area contributed by atoms with Gasteiger partial charge in [-0.05, 0) is 61.1 Å². The molecule has 0 radical (unpaired) electrons. The van der Waals surface area contributed by atoms with Gasteiger partial charge in [0.1, 0.15) is 11.8 Å². The van der Waals surface area contributed by atoms with E-state index < -0.39 is 6.04 Å². The highest BCUT2D eigenvalue weighted by Crippen LogP contribution is 2.20. The zero-order valence-electron chi connectivity index (χ0n) is 19.1. The number of halogens is 1. The minimum atomic E-state index is -0.606. The van der Waals surface area contributed by atoms with E-state index in [1.807, 2.05) is 36.4 Å². The van der Waals surface area contributed by atoms with E-state index in [-0.39, 0.29) is 24.5 Å². The average molecular weight is 457 g/mol. The second-order valence-corrected chi connectivity index (χ2v) is 9.26. The van der Waals surface area contributed by atoms with Crippen molar-refractivity contribution in [3.63, 3.8) is 0 Å². The maximum atomic E-state index is 13.1. The molecule has 2 amide bonds. The summed E-state index contributed by atoms with van der Waals surface area (Å²) in [5.74, 6) is 0.708. The molecule has 172 valence electrons. The molecule has 1 fully saturated rings. The highest BCUT2D eigenvalue weighted by Gasteiger charge is 2.28. The largest absolute Gasteiger partial charge is 0.484 e. The number of hydrogen-bond donors (Lipinski definition) is 1. The third kappa shape index (κ3) is 6.73. The van der Waals surface area contributed by atoms with Gasteiger partial charge < -0.3 is 15.0 Å². The highest BCUT2D eigenvalue weighted by molar-refractivity contribution is 6.30. The van der Waals surface area contributed by atoms with Crippen LogP contribution in [0.1, 0.15) is 63.5 Å². The Labute approximate surface area is 196 Å². The zero-order chi connectivity index (χ0) is 23.1. The molecule has 0 aromatic heterocycles. The summed E-state index contributed by atoms with van der Waals surface area (Å²) in [6.45, 7) is 6.22. The quantitative estimate of drug-likeness (QED) is 0.555. The fraction of sp³-hybridized carbons (Fsp3) is 0.462. The molecule has 0 bridgehead atoms. The molecule has 5 nitrogen and oxygen atoms in total. The van der Waals surface area contributed by atoms with Gasteiger partial charge in [-0.1, -0.05) is 62.6 Å². The summed E-state index contributed by atoms with van der Waals surface area (Å²) in [4.78, 5) is 27.6. The van der Waals surface area contributed by atoms with Crippen molar-refractivity contribution in [2.24, 2.45) is 0 Å². The molecule has 2 aromatic rings. The molecule has 1 aliphatic rings. The van der Waals surface area contributed by atoms with Gasteiger partial charge in [0.05, 0.1) is 0 Å². The number of nitrogens with zero attached hydrogens (tertiary/aromatic N) is 1. The SMILES string of the molecule is CC(C)c1ccc(OCC(=O)N(Cc2ccc(Cl)cc2)C(C)C(=O)NC2CCCC2)cc1. The van der Waals surface area contributed by atoms with Crippen molar-refractivity contribution in [2.45, 2.75) is 71.0 Å². The smallest absolute Gasteiger partial charge is 0.261 e. The van der Waals surface area contributed by atoms with Crippen LogP contribution in [0, 0.1) is 0 Å². The predicted octanol–water partition coefficient (Wildman–Crippen LogP) is 5.32. The van der Waals surface area contributed by atoms with E-state index in [1.54, 1.807) is 24.0 Å². The number of benzene rings is 2. The zero-order valence-corrected chi connectivity index (χ0v) is 19.9. The highest BCUT2D eigenvalue weighted by atomic mass is 35.5. The minimum absolute atomic E-state index is 0.125. The van der Waals surface area contributed by atoms with Crippen LogP contribution in [0.2, 0.25) is 5.02 Å². The molecule has 6 heteroatoms. The van der Waals surface area contributed by atoms with Crippen molar-refractivity contribution < 1.29 is 14.3 Å². The molecule has 1 saturated carbocycles. The lowest BCUT2D eigenvalue weighted by molar-refractivity contribution is -0.142. The van der Waals surface area contributed by atoms with Crippen molar-refractivity contribution >= 4 is 23.4 Å². The van der Waals surface area contributed by atoms with Gasteiger partial charge >= 0.3 is 0 Å². The van der Waals surface area contributed by atoms with Crippen LogP contribution >= 0.6 is 11.6 Å². The molecule has 32 heavy (non-hydrogen) atoms. The molecule has 1 aliphatic carbocycles. The molecule has 3 rings (SSSR count). The lowest BCUT2D eigenvalue weighted by atomic mass is 10.0. The third-order valence-corrected chi connectivity index (χ3v) is 6.30. The van der Waals surface area contributed by atoms with Crippen molar-refractivity contribution in [3.8, 4) is 5.75 Å². The number of carbonyl (C=O) groups excluding carboxylic acids is 2. The predicted molar refractivity (Wildman–Crippen MR) is 128 cm³/mol. The van der Waals surface area contributed by atoms with Gasteiger partial charge in [0.15, 0.2) is 6.61 Å². The van der Waals surface area contributed by atoms with Crippen LogP contribution in [0.5, 0.6) is 5.75 Å². The van der Waals surface area contributed by atoms with E-state index in [2.05, 4.69) is 19.2 Å². The summed E-state index contributed by atoms with van der Waals surface area (Å²) < 4.78 is 5.76. The minimum Gasteiger partial charge on any atom is -0.484 e. The molecule has 0 saturated heterocycles. The molecule has 0 spiro atoms. The Morgan fingerprint density at radius 1 is 1.03 bits per heavy atom. The first-order valence-electron chi connectivity index (χ1n) is 11.4. The second-order valence-electron chi connectivity index (χ2n) is 8.83. The Morgan fingerprint density at radius 3 is 2.25 bits per heavy atom. The molecular weight excluding hydrogens is 424 g/mol. The second kappa shape index (κ2) is 11.4. The monoisotopic (exact) mass is 456 g/mol. The van der Waals surface area contributed by atoms with Gasteiger partial charge in [-0.15, -0.1) is 0 Å². The first-order chi connectivity index (χ1) is 15.3. The molecule has 1 unspecified atom stereocenters. The fourth-order valence-electron chi connectivity index (χ4n) is 3.94. The Morgan fingerprint density at radius 2 is 1.66 bits per heavy atom. The van der Waals surface area contributed by atoms with E-state index in [9.17, 15) is 9.59 Å². The molecule has 1 N–H and O–H groups in total. The average Bonchev–Trinajstić information content (AvgIpc) is 3.30. The Hall–Kier alpha value is -2.53. The van der Waals surface area contributed by atoms with Gasteiger partial charge in [0, 0.05) is 17.6 Å². The van der Waals surface area contributed by atoms with E-state index in [0.717, 1.165) is 31.2 Å². The Balaban J connectivity index is 1.68. The lowest BCUT2D eigenvalue weighted by Gasteiger charge is -2.29. The van der Waals surface area contributed by atoms with Crippen LogP contribution in [0.15, 0.2) is 48.5 Å². The number of ether oxygens (including phenoxy) is 1. The van der Waals surface area contributed by atoms with Gasteiger partial charge in [0.2, 0.25) is 5.91 Å². The summed E-state index contributed by atoms with van der Waals surface area (Å²) in [7, 11) is 0. The van der Waals surface area contributed by atoms with Gasteiger partial charge in [-0.2, -0.15) is 0 Å². The molecule has 2 aromatic carbocycles. The number of rotatable bonds is 9. The van der Waals surface area contributed by atoms with Crippen LogP contribution in [-0.2, 0) is 16.1 Å². The van der Waals surface area contributed by atoms with Crippen LogP contribution in [-0.4, -0.2) is 35.4 Å². The van der Waals surface area contributed by atoms with Crippen LogP contribution < -0.4 is 10.1 Å². The van der Waals surface area contributed by atoms with Crippen LogP contribution in [0.4, 0.5) is 0 Å². The third-order valence-electron chi connectivity index (χ3n) is 6.04. The standard InChI is InChI=1S/C26H33ClN2O3/c1-18(2)21-10-14-24(15-11-21)32-17-25(30)29(16-20-8-12-22(27)13-9-20)19(3)26(31)28-23-6-4-5-7-23/h8-15,18-19,23H,4-7,16-17H2,1-3H3,(H,28,31). The van der Waals surface area contributed by atoms with E-state index in [4.69, 9.17) is 16.3 Å². The number of carbonyl (C=O) groups is 2. The Kier molecular flexibility index (Phi) is 8.57. The van der Waals surface area contributed by atoms with E-state index in [0.29, 0.717) is 23.2 Å². The van der Waals surface area contributed by atoms with Crippen LogP contribution in [0.3, 0.4) is 0 Å². The van der Waals surface area contributed by atoms with Crippen molar-refractivity contribution in [1.29, 1.82) is 0 Å². The maximum Gasteiger partial charge on any atom is 0.261 e.